The molecule has 0 radical (unpaired) electrons. The van der Waals surface area contributed by atoms with E-state index in [1.54, 1.807) is 0 Å². The van der Waals surface area contributed by atoms with Gasteiger partial charge in [0.25, 0.3) is 0 Å². The fourth-order valence-electron chi connectivity index (χ4n) is 4.82. The van der Waals surface area contributed by atoms with Crippen LogP contribution in [0.1, 0.15) is 64.7 Å². The second-order valence-corrected chi connectivity index (χ2v) is 8.37. The highest BCUT2D eigenvalue weighted by Crippen LogP contribution is 2.29. The van der Waals surface area contributed by atoms with E-state index in [0.717, 1.165) is 56.7 Å². The average molecular weight is 349 g/mol. The smallest absolute Gasteiger partial charge is 0.225 e. The summed E-state index contributed by atoms with van der Waals surface area (Å²) >= 11 is 0. The van der Waals surface area contributed by atoms with E-state index in [2.05, 4.69) is 27.4 Å². The summed E-state index contributed by atoms with van der Waals surface area (Å²) in [5, 5.41) is 7.07. The van der Waals surface area contributed by atoms with Crippen LogP contribution in [0.5, 0.6) is 0 Å². The van der Waals surface area contributed by atoms with Crippen LogP contribution in [-0.2, 0) is 4.79 Å². The molecule has 5 nitrogen and oxygen atoms in total. The van der Waals surface area contributed by atoms with Crippen LogP contribution in [0.15, 0.2) is 4.99 Å². The maximum Gasteiger partial charge on any atom is 0.225 e. The SMILES string of the molecule is CN=C(NCC1CCCCC1C)NC1CCN(C(=O)C2CCCC2)C1. The van der Waals surface area contributed by atoms with Crippen molar-refractivity contribution in [3.63, 3.8) is 0 Å². The maximum absolute atomic E-state index is 12.6. The van der Waals surface area contributed by atoms with E-state index in [9.17, 15) is 4.79 Å². The lowest BCUT2D eigenvalue weighted by molar-refractivity contribution is -0.134. The zero-order valence-corrected chi connectivity index (χ0v) is 16.1. The second kappa shape index (κ2) is 8.91. The fourth-order valence-corrected chi connectivity index (χ4v) is 4.82. The van der Waals surface area contributed by atoms with Crippen molar-refractivity contribution in [2.75, 3.05) is 26.7 Å². The van der Waals surface area contributed by atoms with Gasteiger partial charge in [-0.1, -0.05) is 39.0 Å². The van der Waals surface area contributed by atoms with Gasteiger partial charge in [0, 0.05) is 38.6 Å². The highest BCUT2D eigenvalue weighted by Gasteiger charge is 2.32. The van der Waals surface area contributed by atoms with E-state index in [4.69, 9.17) is 0 Å². The minimum absolute atomic E-state index is 0.295. The van der Waals surface area contributed by atoms with Crippen molar-refractivity contribution in [3.05, 3.63) is 0 Å². The first kappa shape index (κ1) is 18.5. The molecule has 3 aliphatic rings. The molecule has 5 heteroatoms. The number of aliphatic imine (C=N–C) groups is 1. The van der Waals surface area contributed by atoms with Gasteiger partial charge in [-0.3, -0.25) is 9.79 Å². The van der Waals surface area contributed by atoms with E-state index in [0.29, 0.717) is 17.9 Å². The molecule has 0 aromatic rings. The van der Waals surface area contributed by atoms with Crippen LogP contribution < -0.4 is 10.6 Å². The van der Waals surface area contributed by atoms with Gasteiger partial charge in [-0.2, -0.15) is 0 Å². The number of carbonyl (C=O) groups excluding carboxylic acids is 1. The Bertz CT molecular complexity index is 472. The van der Waals surface area contributed by atoms with Crippen molar-refractivity contribution < 1.29 is 4.79 Å². The van der Waals surface area contributed by atoms with Gasteiger partial charge in [-0.15, -0.1) is 0 Å². The molecule has 3 rings (SSSR count). The number of hydrogen-bond acceptors (Lipinski definition) is 2. The molecule has 1 aliphatic heterocycles. The minimum Gasteiger partial charge on any atom is -0.356 e. The number of hydrogen-bond donors (Lipinski definition) is 2. The lowest BCUT2D eigenvalue weighted by Crippen LogP contribution is -2.47. The molecule has 1 heterocycles. The number of nitrogens with one attached hydrogen (secondary N) is 2. The monoisotopic (exact) mass is 348 g/mol. The minimum atomic E-state index is 0.295. The molecule has 142 valence electrons. The highest BCUT2D eigenvalue weighted by atomic mass is 16.2. The van der Waals surface area contributed by atoms with E-state index in [-0.39, 0.29) is 0 Å². The molecule has 3 unspecified atom stereocenters. The fraction of sp³-hybridized carbons (Fsp3) is 0.900. The van der Waals surface area contributed by atoms with Crippen LogP contribution in [-0.4, -0.2) is 49.5 Å². The molecule has 0 aromatic heterocycles. The summed E-state index contributed by atoms with van der Waals surface area (Å²) in [6, 6.07) is 0.334. The number of carbonyl (C=O) groups is 1. The normalized spacial score (nSPS) is 31.4. The van der Waals surface area contributed by atoms with Gasteiger partial charge in [-0.05, 0) is 37.5 Å². The standard InChI is InChI=1S/C20H36N4O/c1-15-7-3-4-10-17(15)13-22-20(21-2)23-18-11-12-24(14-18)19(25)16-8-5-6-9-16/h15-18H,3-14H2,1-2H3,(H2,21,22,23). The Morgan fingerprint density at radius 2 is 1.80 bits per heavy atom. The number of amides is 1. The van der Waals surface area contributed by atoms with Crippen molar-refractivity contribution in [2.45, 2.75) is 70.8 Å². The molecular formula is C20H36N4O. The predicted molar refractivity (Wildman–Crippen MR) is 103 cm³/mol. The van der Waals surface area contributed by atoms with Crippen molar-refractivity contribution in [3.8, 4) is 0 Å². The third-order valence-corrected chi connectivity index (χ3v) is 6.59. The lowest BCUT2D eigenvalue weighted by Gasteiger charge is -2.29. The zero-order valence-electron chi connectivity index (χ0n) is 16.1. The van der Waals surface area contributed by atoms with Gasteiger partial charge in [0.2, 0.25) is 5.91 Å². The molecule has 1 saturated heterocycles. The molecule has 1 amide bonds. The Hall–Kier alpha value is -1.26. The van der Waals surface area contributed by atoms with E-state index >= 15 is 0 Å². The molecule has 2 N–H and O–H groups in total. The van der Waals surface area contributed by atoms with Crippen molar-refractivity contribution in [2.24, 2.45) is 22.7 Å². The van der Waals surface area contributed by atoms with Crippen LogP contribution in [0.4, 0.5) is 0 Å². The Morgan fingerprint density at radius 3 is 2.52 bits per heavy atom. The van der Waals surface area contributed by atoms with Crippen LogP contribution in [0.3, 0.4) is 0 Å². The van der Waals surface area contributed by atoms with Crippen molar-refractivity contribution >= 4 is 11.9 Å². The molecule has 3 atom stereocenters. The number of rotatable bonds is 4. The Kier molecular flexibility index (Phi) is 6.60. The summed E-state index contributed by atoms with van der Waals surface area (Å²) in [4.78, 5) is 19.0. The highest BCUT2D eigenvalue weighted by molar-refractivity contribution is 5.81. The summed E-state index contributed by atoms with van der Waals surface area (Å²) in [6.07, 6.45) is 11.1. The third kappa shape index (κ3) is 4.89. The van der Waals surface area contributed by atoms with Crippen LogP contribution in [0.25, 0.3) is 0 Å². The summed E-state index contributed by atoms with van der Waals surface area (Å²) in [7, 11) is 1.84. The molecular weight excluding hydrogens is 312 g/mol. The van der Waals surface area contributed by atoms with Crippen LogP contribution >= 0.6 is 0 Å². The van der Waals surface area contributed by atoms with Crippen molar-refractivity contribution in [1.82, 2.24) is 15.5 Å². The molecule has 2 aliphatic carbocycles. The molecule has 0 aromatic carbocycles. The Balaban J connectivity index is 1.42. The molecule has 2 saturated carbocycles. The molecule has 25 heavy (non-hydrogen) atoms. The van der Waals surface area contributed by atoms with Gasteiger partial charge in [0.05, 0.1) is 0 Å². The maximum atomic E-state index is 12.6. The summed E-state index contributed by atoms with van der Waals surface area (Å²) in [6.45, 7) is 5.11. The predicted octanol–water partition coefficient (Wildman–Crippen LogP) is 2.77. The zero-order chi connectivity index (χ0) is 17.6. The Morgan fingerprint density at radius 1 is 1.08 bits per heavy atom. The Labute approximate surface area is 153 Å². The third-order valence-electron chi connectivity index (χ3n) is 6.59. The quantitative estimate of drug-likeness (QED) is 0.607. The molecule has 0 spiro atoms. The first-order chi connectivity index (χ1) is 12.2. The van der Waals surface area contributed by atoms with Gasteiger partial charge in [-0.25, -0.2) is 0 Å². The number of likely N-dealkylation sites (tertiary alicyclic amines) is 1. The van der Waals surface area contributed by atoms with E-state index in [1.165, 1.54) is 38.5 Å². The second-order valence-electron chi connectivity index (χ2n) is 8.37. The van der Waals surface area contributed by atoms with Gasteiger partial charge >= 0.3 is 0 Å². The van der Waals surface area contributed by atoms with Gasteiger partial charge in [0.15, 0.2) is 5.96 Å². The topological polar surface area (TPSA) is 56.7 Å². The first-order valence-corrected chi connectivity index (χ1v) is 10.4. The molecule has 0 bridgehead atoms. The lowest BCUT2D eigenvalue weighted by atomic mass is 9.80. The van der Waals surface area contributed by atoms with E-state index in [1.807, 2.05) is 7.05 Å². The summed E-state index contributed by atoms with van der Waals surface area (Å²) in [5.74, 6) is 3.16. The largest absolute Gasteiger partial charge is 0.356 e. The number of guanidine groups is 1. The number of nitrogens with zero attached hydrogens (tertiary/aromatic N) is 2. The van der Waals surface area contributed by atoms with Gasteiger partial charge in [0.1, 0.15) is 0 Å². The molecule has 3 fully saturated rings. The summed E-state index contributed by atoms with van der Waals surface area (Å²) in [5.41, 5.74) is 0. The van der Waals surface area contributed by atoms with Crippen LogP contribution in [0, 0.1) is 17.8 Å². The van der Waals surface area contributed by atoms with E-state index < -0.39 is 0 Å². The first-order valence-electron chi connectivity index (χ1n) is 10.4. The van der Waals surface area contributed by atoms with Gasteiger partial charge < -0.3 is 15.5 Å². The summed E-state index contributed by atoms with van der Waals surface area (Å²) < 4.78 is 0. The van der Waals surface area contributed by atoms with Crippen molar-refractivity contribution in [1.29, 1.82) is 0 Å². The van der Waals surface area contributed by atoms with Crippen LogP contribution in [0.2, 0.25) is 0 Å². The average Bonchev–Trinajstić information content (AvgIpc) is 3.31.